The van der Waals surface area contributed by atoms with Crippen molar-refractivity contribution >= 4 is 6.03 Å². The van der Waals surface area contributed by atoms with E-state index in [-0.39, 0.29) is 18.4 Å². The lowest BCUT2D eigenvalue weighted by molar-refractivity contribution is -0.159. The van der Waals surface area contributed by atoms with Gasteiger partial charge in [0, 0.05) is 11.6 Å². The molecule has 0 bridgehead atoms. The van der Waals surface area contributed by atoms with Crippen LogP contribution in [-0.2, 0) is 17.6 Å². The van der Waals surface area contributed by atoms with Crippen molar-refractivity contribution in [3.63, 3.8) is 0 Å². The molecule has 136 valence electrons. The third-order valence-corrected chi connectivity index (χ3v) is 3.07. The van der Waals surface area contributed by atoms with Crippen LogP contribution in [0, 0.1) is 0 Å². The smallest absolute Gasteiger partial charge is 0.334 e. The first kappa shape index (κ1) is 18.7. The van der Waals surface area contributed by atoms with E-state index in [1.54, 1.807) is 12.1 Å². The molecule has 0 aliphatic heterocycles. The first-order valence-electron chi connectivity index (χ1n) is 7.33. The van der Waals surface area contributed by atoms with Crippen molar-refractivity contribution in [2.45, 2.75) is 32.6 Å². The highest BCUT2D eigenvalue weighted by atomic mass is 19.4. The molecule has 1 heterocycles. The van der Waals surface area contributed by atoms with E-state index < -0.39 is 18.1 Å². The summed E-state index contributed by atoms with van der Waals surface area (Å²) in [6.07, 6.45) is -4.69. The number of urea groups is 1. The number of hydrogen-bond acceptors (Lipinski definition) is 5. The van der Waals surface area contributed by atoms with Gasteiger partial charge in [-0.2, -0.15) is 23.2 Å². The number of carbonyl (C=O) groups excluding carboxylic acids is 1. The average Bonchev–Trinajstić information content (AvgIpc) is 3.02. The fraction of sp³-hybridized carbons (Fsp3) is 0.400. The van der Waals surface area contributed by atoms with E-state index >= 15 is 0 Å². The predicted octanol–water partition coefficient (Wildman–Crippen LogP) is 3.24. The van der Waals surface area contributed by atoms with Crippen molar-refractivity contribution in [1.29, 1.82) is 0 Å². The van der Waals surface area contributed by atoms with Crippen LogP contribution < -0.4 is 5.32 Å². The number of nitrogens with one attached hydrogen (secondary N) is 1. The Hall–Kier alpha value is -2.62. The number of halogens is 3. The number of nitrogens with zero attached hydrogens (tertiary/aromatic N) is 3. The first-order valence-corrected chi connectivity index (χ1v) is 7.33. The van der Waals surface area contributed by atoms with Crippen molar-refractivity contribution in [1.82, 2.24) is 20.5 Å². The van der Waals surface area contributed by atoms with E-state index in [2.05, 4.69) is 20.0 Å². The lowest BCUT2D eigenvalue weighted by atomic mass is 10.1. The number of amides is 2. The molecule has 1 aromatic heterocycles. The molecule has 10 heteroatoms. The molecule has 2 rings (SSSR count). The van der Waals surface area contributed by atoms with Crippen molar-refractivity contribution < 1.29 is 27.3 Å². The predicted molar refractivity (Wildman–Crippen MR) is 81.0 cm³/mol. The van der Waals surface area contributed by atoms with Gasteiger partial charge in [0.05, 0.1) is 13.7 Å². The van der Waals surface area contributed by atoms with Crippen LogP contribution in [0.25, 0.3) is 11.4 Å². The lowest BCUT2D eigenvalue weighted by Gasteiger charge is -2.21. The highest BCUT2D eigenvalue weighted by Crippen LogP contribution is 2.29. The van der Waals surface area contributed by atoms with Gasteiger partial charge in [0.25, 0.3) is 0 Å². The van der Waals surface area contributed by atoms with Gasteiger partial charge in [-0.1, -0.05) is 29.4 Å². The summed E-state index contributed by atoms with van der Waals surface area (Å²) in [4.78, 5) is 20.3. The SMILES string of the molecule is CON(Cc1ccc(-c2noc(C(F)(F)F)n2)cc1)C(=O)NC(C)C. The minimum atomic E-state index is -4.69. The summed E-state index contributed by atoms with van der Waals surface area (Å²) < 4.78 is 41.6. The molecule has 1 N–H and O–H groups in total. The van der Waals surface area contributed by atoms with E-state index in [9.17, 15) is 18.0 Å². The minimum Gasteiger partial charge on any atom is -0.334 e. The van der Waals surface area contributed by atoms with Crippen molar-refractivity contribution in [2.75, 3.05) is 7.11 Å². The zero-order chi connectivity index (χ0) is 18.6. The highest BCUT2D eigenvalue weighted by Gasteiger charge is 2.38. The molecule has 0 aliphatic rings. The number of aromatic nitrogens is 2. The monoisotopic (exact) mass is 358 g/mol. The van der Waals surface area contributed by atoms with Crippen LogP contribution in [-0.4, -0.2) is 34.4 Å². The number of hydrogen-bond donors (Lipinski definition) is 1. The summed E-state index contributed by atoms with van der Waals surface area (Å²) in [6, 6.07) is 5.90. The molecule has 0 fully saturated rings. The zero-order valence-corrected chi connectivity index (χ0v) is 13.8. The summed E-state index contributed by atoms with van der Waals surface area (Å²) in [7, 11) is 1.37. The van der Waals surface area contributed by atoms with Crippen LogP contribution in [0.15, 0.2) is 28.8 Å². The maximum Gasteiger partial charge on any atom is 0.471 e. The molecular weight excluding hydrogens is 341 g/mol. The van der Waals surface area contributed by atoms with E-state index in [0.717, 1.165) is 5.06 Å². The molecule has 7 nitrogen and oxygen atoms in total. The molecule has 0 aliphatic carbocycles. The largest absolute Gasteiger partial charge is 0.471 e. The second-order valence-electron chi connectivity index (χ2n) is 5.44. The molecule has 25 heavy (non-hydrogen) atoms. The summed E-state index contributed by atoms with van der Waals surface area (Å²) in [5.74, 6) is -1.57. The summed E-state index contributed by atoms with van der Waals surface area (Å²) in [5.41, 5.74) is 1.07. The van der Waals surface area contributed by atoms with Crippen LogP contribution in [0.2, 0.25) is 0 Å². The fourth-order valence-corrected chi connectivity index (χ4v) is 1.92. The van der Waals surface area contributed by atoms with Crippen molar-refractivity contribution in [2.24, 2.45) is 0 Å². The van der Waals surface area contributed by atoms with Crippen LogP contribution in [0.4, 0.5) is 18.0 Å². The van der Waals surface area contributed by atoms with Crippen LogP contribution >= 0.6 is 0 Å². The maximum absolute atomic E-state index is 12.5. The first-order chi connectivity index (χ1) is 11.7. The number of rotatable bonds is 5. The topological polar surface area (TPSA) is 80.5 Å². The van der Waals surface area contributed by atoms with Gasteiger partial charge in [0.1, 0.15) is 0 Å². The van der Waals surface area contributed by atoms with E-state index in [1.807, 2.05) is 13.8 Å². The van der Waals surface area contributed by atoms with E-state index in [0.29, 0.717) is 11.1 Å². The number of benzene rings is 1. The van der Waals surface area contributed by atoms with Crippen molar-refractivity contribution in [3.8, 4) is 11.4 Å². The van der Waals surface area contributed by atoms with Gasteiger partial charge in [-0.25, -0.2) is 4.79 Å². The molecule has 0 radical (unpaired) electrons. The van der Waals surface area contributed by atoms with Gasteiger partial charge in [0.15, 0.2) is 0 Å². The molecule has 0 unspecified atom stereocenters. The average molecular weight is 358 g/mol. The maximum atomic E-state index is 12.5. The molecule has 0 spiro atoms. The molecule has 0 atom stereocenters. The third kappa shape index (κ3) is 4.92. The van der Waals surface area contributed by atoms with Gasteiger partial charge in [-0.3, -0.25) is 4.84 Å². The molecule has 0 saturated heterocycles. The number of alkyl halides is 3. The second kappa shape index (κ2) is 7.51. The quantitative estimate of drug-likeness (QED) is 0.830. The summed E-state index contributed by atoms with van der Waals surface area (Å²) in [6.45, 7) is 3.80. The van der Waals surface area contributed by atoms with Crippen LogP contribution in [0.1, 0.15) is 25.3 Å². The van der Waals surface area contributed by atoms with E-state index in [1.165, 1.54) is 19.2 Å². The van der Waals surface area contributed by atoms with Gasteiger partial charge in [0.2, 0.25) is 5.82 Å². The van der Waals surface area contributed by atoms with Gasteiger partial charge in [-0.05, 0) is 19.4 Å². The Bertz CT molecular complexity index is 714. The Morgan fingerprint density at radius 1 is 1.32 bits per heavy atom. The van der Waals surface area contributed by atoms with Gasteiger partial charge < -0.3 is 9.84 Å². The molecule has 2 aromatic rings. The van der Waals surface area contributed by atoms with E-state index in [4.69, 9.17) is 4.84 Å². The Labute approximate surface area is 141 Å². The highest BCUT2D eigenvalue weighted by molar-refractivity contribution is 5.73. The third-order valence-electron chi connectivity index (χ3n) is 3.07. The standard InChI is InChI=1S/C15H17F3N4O3/c1-9(2)19-14(23)22(24-3)8-10-4-6-11(7-5-10)12-20-13(25-21-12)15(16,17)18/h4-7,9H,8H2,1-3H3,(H,19,23). The number of carbonyl (C=O) groups is 1. The van der Waals surface area contributed by atoms with Gasteiger partial charge >= 0.3 is 18.1 Å². The fourth-order valence-electron chi connectivity index (χ4n) is 1.92. The Kier molecular flexibility index (Phi) is 5.62. The summed E-state index contributed by atoms with van der Waals surface area (Å²) >= 11 is 0. The second-order valence-corrected chi connectivity index (χ2v) is 5.44. The lowest BCUT2D eigenvalue weighted by Crippen LogP contribution is -2.41. The Balaban J connectivity index is 2.09. The molecule has 0 saturated carbocycles. The summed E-state index contributed by atoms with van der Waals surface area (Å²) in [5, 5.41) is 7.14. The number of hydroxylamine groups is 2. The zero-order valence-electron chi connectivity index (χ0n) is 13.8. The molecular formula is C15H17F3N4O3. The normalized spacial score (nSPS) is 11.6. The van der Waals surface area contributed by atoms with Crippen molar-refractivity contribution in [3.05, 3.63) is 35.7 Å². The van der Waals surface area contributed by atoms with Crippen LogP contribution in [0.3, 0.4) is 0 Å². The molecule has 2 amide bonds. The molecule has 1 aromatic carbocycles. The Morgan fingerprint density at radius 3 is 2.44 bits per heavy atom. The van der Waals surface area contributed by atoms with Crippen LogP contribution in [0.5, 0.6) is 0 Å². The Morgan fingerprint density at radius 2 is 1.96 bits per heavy atom. The van der Waals surface area contributed by atoms with Gasteiger partial charge in [-0.15, -0.1) is 0 Å². The minimum absolute atomic E-state index is 0.0476.